The molecule has 0 saturated heterocycles. The quantitative estimate of drug-likeness (QED) is 0.147. The fraction of sp³-hybridized carbons (Fsp3) is 0.147. The number of hydrogen-bond acceptors (Lipinski definition) is 5. The van der Waals surface area contributed by atoms with Crippen molar-refractivity contribution in [1.82, 2.24) is 5.32 Å². The van der Waals surface area contributed by atoms with Crippen LogP contribution in [0.4, 0.5) is 17.1 Å². The monoisotopic (exact) mass is 578 g/mol. The number of rotatable bonds is 10. The second-order valence-corrected chi connectivity index (χ2v) is 11.0. The number of thioether (sulfide) groups is 1. The van der Waals surface area contributed by atoms with Gasteiger partial charge in [-0.05, 0) is 91.2 Å². The number of carbonyl (C=O) groups excluding carboxylic acids is 3. The SMILES string of the molecule is Cc1ccc(NC(=O)CSc2cccc(NC(=O)/C(=C\c3ccc(N(C)C)cc3)NC(=O)c3ccccc3)c2)cc1C. The van der Waals surface area contributed by atoms with E-state index in [4.69, 9.17) is 0 Å². The summed E-state index contributed by atoms with van der Waals surface area (Å²) in [6.07, 6.45) is 1.64. The number of carbonyl (C=O) groups is 3. The van der Waals surface area contributed by atoms with Gasteiger partial charge in [0.2, 0.25) is 5.91 Å². The van der Waals surface area contributed by atoms with Crippen LogP contribution in [0.1, 0.15) is 27.0 Å². The first kappa shape index (κ1) is 30.1. The molecule has 3 amide bonds. The van der Waals surface area contributed by atoms with Crippen molar-refractivity contribution >= 4 is 52.6 Å². The molecule has 0 heterocycles. The van der Waals surface area contributed by atoms with Crippen LogP contribution < -0.4 is 20.9 Å². The van der Waals surface area contributed by atoms with Crippen LogP contribution in [0.5, 0.6) is 0 Å². The lowest BCUT2D eigenvalue weighted by atomic mass is 10.1. The maximum atomic E-state index is 13.4. The Labute approximate surface area is 251 Å². The lowest BCUT2D eigenvalue weighted by Crippen LogP contribution is -2.30. The molecule has 4 aromatic carbocycles. The molecule has 3 N–H and O–H groups in total. The van der Waals surface area contributed by atoms with Gasteiger partial charge in [-0.2, -0.15) is 0 Å². The van der Waals surface area contributed by atoms with Gasteiger partial charge in [-0.25, -0.2) is 0 Å². The molecule has 0 fully saturated rings. The largest absolute Gasteiger partial charge is 0.378 e. The minimum Gasteiger partial charge on any atom is -0.378 e. The van der Waals surface area contributed by atoms with Crippen molar-refractivity contribution < 1.29 is 14.4 Å². The van der Waals surface area contributed by atoms with Crippen molar-refractivity contribution in [2.24, 2.45) is 0 Å². The Balaban J connectivity index is 1.46. The summed E-state index contributed by atoms with van der Waals surface area (Å²) in [6.45, 7) is 4.04. The fourth-order valence-electron chi connectivity index (χ4n) is 4.00. The third kappa shape index (κ3) is 8.59. The standard InChI is InChI=1S/C34H34N4O3S/c1-23-13-16-28(19-24(23)2)35-32(39)22-42-30-12-8-11-27(21-30)36-34(41)31(37-33(40)26-9-6-5-7-10-26)20-25-14-17-29(18-15-25)38(3)4/h5-21H,22H2,1-4H3,(H,35,39)(H,36,41)(H,37,40)/b31-20+. The van der Waals surface area contributed by atoms with Crippen LogP contribution in [-0.2, 0) is 9.59 Å². The van der Waals surface area contributed by atoms with Gasteiger partial charge in [0.25, 0.3) is 11.8 Å². The predicted octanol–water partition coefficient (Wildman–Crippen LogP) is 6.51. The van der Waals surface area contributed by atoms with E-state index in [-0.39, 0.29) is 23.3 Å². The van der Waals surface area contributed by atoms with E-state index >= 15 is 0 Å². The minimum atomic E-state index is -0.467. The second kappa shape index (κ2) is 14.2. The molecule has 42 heavy (non-hydrogen) atoms. The Morgan fingerprint density at radius 2 is 1.48 bits per heavy atom. The third-order valence-electron chi connectivity index (χ3n) is 6.50. The van der Waals surface area contributed by atoms with Gasteiger partial charge < -0.3 is 20.9 Å². The van der Waals surface area contributed by atoms with Gasteiger partial charge in [-0.1, -0.05) is 42.5 Å². The maximum absolute atomic E-state index is 13.4. The minimum absolute atomic E-state index is 0.104. The lowest BCUT2D eigenvalue weighted by molar-refractivity contribution is -0.114. The van der Waals surface area contributed by atoms with Crippen LogP contribution in [-0.4, -0.2) is 37.6 Å². The molecule has 0 saturated carbocycles. The van der Waals surface area contributed by atoms with Gasteiger partial charge >= 0.3 is 0 Å². The molecule has 214 valence electrons. The summed E-state index contributed by atoms with van der Waals surface area (Å²) in [4.78, 5) is 41.7. The predicted molar refractivity (Wildman–Crippen MR) is 173 cm³/mol. The number of nitrogens with one attached hydrogen (secondary N) is 3. The van der Waals surface area contributed by atoms with E-state index in [9.17, 15) is 14.4 Å². The number of hydrogen-bond donors (Lipinski definition) is 3. The van der Waals surface area contributed by atoms with Gasteiger partial charge in [-0.15, -0.1) is 11.8 Å². The summed E-state index contributed by atoms with van der Waals surface area (Å²) in [7, 11) is 3.90. The van der Waals surface area contributed by atoms with Crippen LogP contribution in [0.15, 0.2) is 108 Å². The maximum Gasteiger partial charge on any atom is 0.272 e. The molecule has 8 heteroatoms. The average molecular weight is 579 g/mol. The third-order valence-corrected chi connectivity index (χ3v) is 7.50. The van der Waals surface area contributed by atoms with E-state index in [0.29, 0.717) is 11.3 Å². The molecule has 7 nitrogen and oxygen atoms in total. The zero-order chi connectivity index (χ0) is 30.1. The molecule has 0 radical (unpaired) electrons. The van der Waals surface area contributed by atoms with Crippen molar-refractivity contribution in [3.8, 4) is 0 Å². The van der Waals surface area contributed by atoms with Gasteiger partial charge in [-0.3, -0.25) is 14.4 Å². The summed E-state index contributed by atoms with van der Waals surface area (Å²) in [5, 5.41) is 8.58. The summed E-state index contributed by atoms with van der Waals surface area (Å²) in [6, 6.07) is 29.5. The molecule has 0 aliphatic rings. The molecule has 0 unspecified atom stereocenters. The summed E-state index contributed by atoms with van der Waals surface area (Å²) in [5.74, 6) is -0.760. The number of nitrogens with zero attached hydrogens (tertiary/aromatic N) is 1. The van der Waals surface area contributed by atoms with Crippen LogP contribution >= 0.6 is 11.8 Å². The molecule has 0 aliphatic carbocycles. The molecular formula is C34H34N4O3S. The highest BCUT2D eigenvalue weighted by Crippen LogP contribution is 2.23. The van der Waals surface area contributed by atoms with E-state index in [1.165, 1.54) is 17.3 Å². The second-order valence-electron chi connectivity index (χ2n) is 9.98. The van der Waals surface area contributed by atoms with Crippen molar-refractivity contribution in [2.45, 2.75) is 18.7 Å². The smallest absolute Gasteiger partial charge is 0.272 e. The molecule has 4 rings (SSSR count). The number of benzene rings is 4. The Hall–Kier alpha value is -4.82. The zero-order valence-electron chi connectivity index (χ0n) is 24.1. The van der Waals surface area contributed by atoms with Crippen molar-refractivity contribution in [3.05, 3.63) is 125 Å². The van der Waals surface area contributed by atoms with Crippen molar-refractivity contribution in [3.63, 3.8) is 0 Å². The number of amides is 3. The Morgan fingerprint density at radius 1 is 0.762 bits per heavy atom. The van der Waals surface area contributed by atoms with Crippen LogP contribution in [0.2, 0.25) is 0 Å². The summed E-state index contributed by atoms with van der Waals surface area (Å²) < 4.78 is 0. The van der Waals surface area contributed by atoms with Gasteiger partial charge in [0.15, 0.2) is 0 Å². The Morgan fingerprint density at radius 3 is 2.17 bits per heavy atom. The van der Waals surface area contributed by atoms with E-state index in [1.54, 1.807) is 42.5 Å². The number of anilines is 3. The molecule has 0 atom stereocenters. The fourth-order valence-corrected chi connectivity index (χ4v) is 4.76. The van der Waals surface area contributed by atoms with Crippen LogP contribution in [0.3, 0.4) is 0 Å². The van der Waals surface area contributed by atoms with E-state index in [1.807, 2.05) is 93.5 Å². The van der Waals surface area contributed by atoms with Gasteiger partial charge in [0.1, 0.15) is 5.70 Å². The van der Waals surface area contributed by atoms with Crippen molar-refractivity contribution in [1.29, 1.82) is 0 Å². The van der Waals surface area contributed by atoms with Gasteiger partial charge in [0, 0.05) is 41.6 Å². The average Bonchev–Trinajstić information content (AvgIpc) is 2.98. The van der Waals surface area contributed by atoms with Crippen molar-refractivity contribution in [2.75, 3.05) is 35.4 Å². The lowest BCUT2D eigenvalue weighted by Gasteiger charge is -2.14. The number of aryl methyl sites for hydroxylation is 2. The zero-order valence-corrected chi connectivity index (χ0v) is 24.9. The highest BCUT2D eigenvalue weighted by molar-refractivity contribution is 8.00. The molecule has 0 aromatic heterocycles. The van der Waals surface area contributed by atoms with Crippen LogP contribution in [0.25, 0.3) is 6.08 Å². The summed E-state index contributed by atoms with van der Waals surface area (Å²) >= 11 is 1.37. The van der Waals surface area contributed by atoms with E-state index in [0.717, 1.165) is 27.4 Å². The first-order valence-electron chi connectivity index (χ1n) is 13.4. The molecule has 0 bridgehead atoms. The molecule has 0 spiro atoms. The first-order chi connectivity index (χ1) is 20.2. The van der Waals surface area contributed by atoms with Gasteiger partial charge in [0.05, 0.1) is 5.75 Å². The van der Waals surface area contributed by atoms with Crippen LogP contribution in [0, 0.1) is 13.8 Å². The normalized spacial score (nSPS) is 11.0. The molecule has 0 aliphatic heterocycles. The summed E-state index contributed by atoms with van der Waals surface area (Å²) in [5.41, 5.74) is 5.91. The Kier molecular flexibility index (Phi) is 10.2. The topological polar surface area (TPSA) is 90.5 Å². The highest BCUT2D eigenvalue weighted by atomic mass is 32.2. The molecular weight excluding hydrogens is 544 g/mol. The molecule has 4 aromatic rings. The Bertz CT molecular complexity index is 1600. The highest BCUT2D eigenvalue weighted by Gasteiger charge is 2.16. The van der Waals surface area contributed by atoms with E-state index < -0.39 is 5.91 Å². The first-order valence-corrected chi connectivity index (χ1v) is 14.4. The van der Waals surface area contributed by atoms with E-state index in [2.05, 4.69) is 16.0 Å².